The van der Waals surface area contributed by atoms with Crippen molar-refractivity contribution in [3.63, 3.8) is 0 Å². The molecule has 2 aliphatic heterocycles. The van der Waals surface area contributed by atoms with Crippen LogP contribution in [0.2, 0.25) is 0 Å². The molecule has 1 aromatic rings. The Bertz CT molecular complexity index is 580. The second kappa shape index (κ2) is 4.91. The lowest BCUT2D eigenvalue weighted by atomic mass is 9.74. The van der Waals surface area contributed by atoms with Crippen LogP contribution in [0.4, 0.5) is 0 Å². The van der Waals surface area contributed by atoms with E-state index in [1.54, 1.807) is 0 Å². The van der Waals surface area contributed by atoms with E-state index in [4.69, 9.17) is 19.4 Å². The van der Waals surface area contributed by atoms with E-state index in [1.165, 1.54) is 6.42 Å². The predicted octanol–water partition coefficient (Wildman–Crippen LogP) is 2.74. The molecule has 1 aliphatic carbocycles. The highest BCUT2D eigenvalue weighted by Gasteiger charge is 2.43. The molecule has 5 nitrogen and oxygen atoms in total. The van der Waals surface area contributed by atoms with Gasteiger partial charge < -0.3 is 19.4 Å². The molecule has 0 amide bonds. The summed E-state index contributed by atoms with van der Waals surface area (Å²) in [5.74, 6) is 1.54. The van der Waals surface area contributed by atoms with Gasteiger partial charge in [0.1, 0.15) is 29.9 Å². The Kier molecular flexibility index (Phi) is 3.03. The predicted molar refractivity (Wildman–Crippen MR) is 76.4 cm³/mol. The van der Waals surface area contributed by atoms with Gasteiger partial charge in [-0.3, -0.25) is 0 Å². The van der Waals surface area contributed by atoms with E-state index >= 15 is 0 Å². The molecular weight excluding hydrogens is 270 g/mol. The van der Waals surface area contributed by atoms with Gasteiger partial charge in [0.05, 0.1) is 12.2 Å². The third-order valence-corrected chi connectivity index (χ3v) is 4.76. The summed E-state index contributed by atoms with van der Waals surface area (Å²) in [6.45, 7) is 1.10. The zero-order valence-electron chi connectivity index (χ0n) is 11.9. The number of benzene rings is 1. The summed E-state index contributed by atoms with van der Waals surface area (Å²) in [7, 11) is 0. The number of hydrogen-bond acceptors (Lipinski definition) is 5. The Morgan fingerprint density at radius 1 is 1.33 bits per heavy atom. The van der Waals surface area contributed by atoms with Crippen LogP contribution in [0.3, 0.4) is 0 Å². The van der Waals surface area contributed by atoms with Crippen LogP contribution in [0.5, 0.6) is 11.5 Å². The van der Waals surface area contributed by atoms with Crippen molar-refractivity contribution in [3.05, 3.63) is 23.8 Å². The van der Waals surface area contributed by atoms with E-state index in [2.05, 4.69) is 5.16 Å². The summed E-state index contributed by atoms with van der Waals surface area (Å²) in [5.41, 5.74) is 1.50. The fourth-order valence-corrected chi connectivity index (χ4v) is 3.44. The monoisotopic (exact) mass is 289 g/mol. The topological polar surface area (TPSA) is 60.3 Å². The maximum Gasteiger partial charge on any atom is 0.134 e. The molecule has 4 rings (SSSR count). The fraction of sp³-hybridized carbons (Fsp3) is 0.562. The van der Waals surface area contributed by atoms with Crippen LogP contribution in [0, 0.1) is 0 Å². The van der Waals surface area contributed by atoms with E-state index in [9.17, 15) is 0 Å². The lowest BCUT2D eigenvalue weighted by Gasteiger charge is -2.46. The van der Waals surface area contributed by atoms with E-state index in [-0.39, 0.29) is 11.7 Å². The highest BCUT2D eigenvalue weighted by molar-refractivity contribution is 6.06. The van der Waals surface area contributed by atoms with Crippen molar-refractivity contribution in [3.8, 4) is 11.5 Å². The number of ether oxygens (including phenoxy) is 3. The minimum atomic E-state index is 0.0901. The molecule has 0 aromatic heterocycles. The minimum absolute atomic E-state index is 0.0901. The second-order valence-electron chi connectivity index (χ2n) is 6.11. The van der Waals surface area contributed by atoms with Crippen molar-refractivity contribution in [2.24, 2.45) is 5.16 Å². The van der Waals surface area contributed by atoms with Gasteiger partial charge in [0.25, 0.3) is 0 Å². The quantitative estimate of drug-likeness (QED) is 0.672. The molecule has 1 spiro atoms. The second-order valence-corrected chi connectivity index (χ2v) is 6.11. The van der Waals surface area contributed by atoms with Gasteiger partial charge in [-0.25, -0.2) is 0 Å². The first kappa shape index (κ1) is 13.0. The van der Waals surface area contributed by atoms with Gasteiger partial charge in [-0.15, -0.1) is 0 Å². The van der Waals surface area contributed by atoms with Crippen molar-refractivity contribution in [1.82, 2.24) is 0 Å². The van der Waals surface area contributed by atoms with E-state index in [0.717, 1.165) is 49.4 Å². The third-order valence-electron chi connectivity index (χ3n) is 4.76. The largest absolute Gasteiger partial charge is 0.490 e. The van der Waals surface area contributed by atoms with Crippen molar-refractivity contribution < 1.29 is 19.4 Å². The van der Waals surface area contributed by atoms with Crippen molar-refractivity contribution in [2.75, 3.05) is 13.2 Å². The minimum Gasteiger partial charge on any atom is -0.490 e. The fourth-order valence-electron chi connectivity index (χ4n) is 3.44. The maximum absolute atomic E-state index is 8.90. The lowest BCUT2D eigenvalue weighted by molar-refractivity contribution is -0.153. The Hall–Kier alpha value is -1.75. The third kappa shape index (κ3) is 2.25. The lowest BCUT2D eigenvalue weighted by Crippen LogP contribution is -2.48. The van der Waals surface area contributed by atoms with Gasteiger partial charge in [-0.1, -0.05) is 5.16 Å². The highest BCUT2D eigenvalue weighted by Crippen LogP contribution is 2.43. The van der Waals surface area contributed by atoms with E-state index in [0.29, 0.717) is 12.3 Å². The van der Waals surface area contributed by atoms with Crippen LogP contribution >= 0.6 is 0 Å². The van der Waals surface area contributed by atoms with Gasteiger partial charge in [-0.05, 0) is 31.4 Å². The first-order chi connectivity index (χ1) is 10.3. The van der Waals surface area contributed by atoms with Crippen molar-refractivity contribution in [2.45, 2.75) is 43.8 Å². The summed E-state index contributed by atoms with van der Waals surface area (Å²) in [4.78, 5) is 0. The Morgan fingerprint density at radius 2 is 2.24 bits per heavy atom. The summed E-state index contributed by atoms with van der Waals surface area (Å²) in [5, 5.41) is 12.1. The van der Waals surface area contributed by atoms with Crippen LogP contribution in [0.15, 0.2) is 23.4 Å². The van der Waals surface area contributed by atoms with Crippen LogP contribution in [-0.4, -0.2) is 35.8 Å². The molecule has 112 valence electrons. The van der Waals surface area contributed by atoms with E-state index < -0.39 is 0 Å². The number of oxime groups is 1. The normalized spacial score (nSPS) is 28.0. The average molecular weight is 289 g/mol. The standard InChI is InChI=1S/C16H19NO4/c18-17-14-10-19-15-8-11(2-3-13(14)15)21-12-4-7-20-16(9-12)5-1-6-16/h2-3,8,12,18H,1,4-7,9-10H2/b17-14-. The molecular formula is C16H19NO4. The summed E-state index contributed by atoms with van der Waals surface area (Å²) in [6.07, 6.45) is 5.72. The first-order valence-electron chi connectivity index (χ1n) is 7.57. The van der Waals surface area contributed by atoms with Crippen LogP contribution in [0.25, 0.3) is 0 Å². The molecule has 1 N–H and O–H groups in total. The smallest absolute Gasteiger partial charge is 0.134 e. The van der Waals surface area contributed by atoms with Crippen LogP contribution in [-0.2, 0) is 4.74 Å². The number of fused-ring (bicyclic) bond motifs is 1. The number of hydrogen-bond donors (Lipinski definition) is 1. The average Bonchev–Trinajstić information content (AvgIpc) is 2.88. The number of rotatable bonds is 2. The Balaban J connectivity index is 1.48. The highest BCUT2D eigenvalue weighted by atomic mass is 16.5. The van der Waals surface area contributed by atoms with Gasteiger partial charge in [0.15, 0.2) is 0 Å². The first-order valence-corrected chi connectivity index (χ1v) is 7.57. The molecule has 1 unspecified atom stereocenters. The van der Waals surface area contributed by atoms with Gasteiger partial charge in [0, 0.05) is 24.5 Å². The molecule has 3 aliphatic rings. The molecule has 1 atom stereocenters. The van der Waals surface area contributed by atoms with Crippen LogP contribution in [0.1, 0.15) is 37.7 Å². The number of nitrogens with zero attached hydrogens (tertiary/aromatic N) is 1. The summed E-state index contributed by atoms with van der Waals surface area (Å²) < 4.78 is 17.6. The molecule has 1 saturated heterocycles. The molecule has 1 aromatic carbocycles. The van der Waals surface area contributed by atoms with Crippen LogP contribution < -0.4 is 9.47 Å². The zero-order chi connectivity index (χ0) is 14.3. The Morgan fingerprint density at radius 3 is 3.00 bits per heavy atom. The van der Waals surface area contributed by atoms with Gasteiger partial charge in [0.2, 0.25) is 0 Å². The summed E-state index contributed by atoms with van der Waals surface area (Å²) in [6, 6.07) is 5.70. The van der Waals surface area contributed by atoms with E-state index in [1.807, 2.05) is 18.2 Å². The molecule has 0 radical (unpaired) electrons. The Labute approximate surface area is 123 Å². The van der Waals surface area contributed by atoms with Gasteiger partial charge >= 0.3 is 0 Å². The van der Waals surface area contributed by atoms with Crippen molar-refractivity contribution in [1.29, 1.82) is 0 Å². The maximum atomic E-state index is 8.90. The molecule has 2 fully saturated rings. The molecule has 0 bridgehead atoms. The zero-order valence-corrected chi connectivity index (χ0v) is 11.9. The molecule has 2 heterocycles. The SMILES string of the molecule is O/N=C1/COc2cc(OC3CCOC4(CCC4)C3)ccc21. The summed E-state index contributed by atoms with van der Waals surface area (Å²) >= 11 is 0. The van der Waals surface area contributed by atoms with Gasteiger partial charge in [-0.2, -0.15) is 0 Å². The van der Waals surface area contributed by atoms with Crippen molar-refractivity contribution >= 4 is 5.71 Å². The molecule has 1 saturated carbocycles. The molecule has 21 heavy (non-hydrogen) atoms. The molecule has 5 heteroatoms.